The highest BCUT2D eigenvalue weighted by Crippen LogP contribution is 2.32. The van der Waals surface area contributed by atoms with Gasteiger partial charge in [-0.25, -0.2) is 0 Å². The number of hydrogen-bond acceptors (Lipinski definition) is 3. The Labute approximate surface area is 132 Å². The predicted octanol–water partition coefficient (Wildman–Crippen LogP) is 3.36. The van der Waals surface area contributed by atoms with Crippen LogP contribution in [-0.2, 0) is 11.8 Å². The van der Waals surface area contributed by atoms with Gasteiger partial charge in [-0.05, 0) is 26.0 Å². The van der Waals surface area contributed by atoms with E-state index in [1.165, 1.54) is 0 Å². The molecule has 0 unspecified atom stereocenters. The van der Waals surface area contributed by atoms with E-state index in [0.717, 1.165) is 11.4 Å². The van der Waals surface area contributed by atoms with Gasteiger partial charge in [0.1, 0.15) is 0 Å². The van der Waals surface area contributed by atoms with Gasteiger partial charge in [-0.3, -0.25) is 9.48 Å². The molecular weight excluding hydrogens is 313 g/mol. The van der Waals surface area contributed by atoms with Crippen molar-refractivity contribution in [3.8, 4) is 5.75 Å². The third-order valence-corrected chi connectivity index (χ3v) is 3.64. The molecule has 21 heavy (non-hydrogen) atoms. The number of amides is 1. The third kappa shape index (κ3) is 3.49. The summed E-state index contributed by atoms with van der Waals surface area (Å²) in [5.74, 6) is 0.000741. The van der Waals surface area contributed by atoms with Gasteiger partial charge < -0.3 is 10.1 Å². The molecule has 0 aliphatic carbocycles. The van der Waals surface area contributed by atoms with Gasteiger partial charge in [-0.2, -0.15) is 5.10 Å². The minimum absolute atomic E-state index is 0.183. The normalized spacial score (nSPS) is 10.5. The Morgan fingerprint density at radius 3 is 2.48 bits per heavy atom. The number of carbonyl (C=O) groups excluding carboxylic acids is 1. The van der Waals surface area contributed by atoms with E-state index < -0.39 is 0 Å². The van der Waals surface area contributed by atoms with Crippen LogP contribution in [-0.4, -0.2) is 22.3 Å². The predicted molar refractivity (Wildman–Crippen MR) is 83.3 cm³/mol. The van der Waals surface area contributed by atoms with Gasteiger partial charge in [-0.1, -0.05) is 29.3 Å². The molecule has 5 nitrogen and oxygen atoms in total. The lowest BCUT2D eigenvalue weighted by molar-refractivity contribution is -0.118. The van der Waals surface area contributed by atoms with E-state index in [1.54, 1.807) is 22.9 Å². The summed E-state index contributed by atoms with van der Waals surface area (Å²) in [6.45, 7) is 3.52. The third-order valence-electron chi connectivity index (χ3n) is 3.04. The number of nitrogens with zero attached hydrogens (tertiary/aromatic N) is 2. The van der Waals surface area contributed by atoms with Crippen LogP contribution >= 0.6 is 23.2 Å². The minimum Gasteiger partial charge on any atom is -0.481 e. The number of para-hydroxylation sites is 1. The van der Waals surface area contributed by atoms with Crippen LogP contribution in [0.15, 0.2) is 18.2 Å². The Balaban J connectivity index is 2.03. The highest BCUT2D eigenvalue weighted by Gasteiger charge is 2.14. The molecule has 1 aromatic carbocycles. The quantitative estimate of drug-likeness (QED) is 0.936. The van der Waals surface area contributed by atoms with E-state index in [4.69, 9.17) is 27.9 Å². The minimum atomic E-state index is -0.301. The van der Waals surface area contributed by atoms with Gasteiger partial charge in [0.05, 0.1) is 27.1 Å². The first-order valence-corrected chi connectivity index (χ1v) is 7.02. The first-order valence-electron chi connectivity index (χ1n) is 6.27. The number of rotatable bonds is 4. The van der Waals surface area contributed by atoms with Crippen molar-refractivity contribution in [2.75, 3.05) is 11.9 Å². The van der Waals surface area contributed by atoms with Crippen LogP contribution in [0.4, 0.5) is 5.69 Å². The molecule has 0 radical (unpaired) electrons. The molecule has 2 aromatic rings. The van der Waals surface area contributed by atoms with Gasteiger partial charge in [0.25, 0.3) is 5.91 Å². The zero-order valence-electron chi connectivity index (χ0n) is 11.9. The van der Waals surface area contributed by atoms with Crippen molar-refractivity contribution in [1.29, 1.82) is 0 Å². The van der Waals surface area contributed by atoms with Crippen LogP contribution in [0.25, 0.3) is 0 Å². The largest absolute Gasteiger partial charge is 0.481 e. The molecule has 0 saturated heterocycles. The summed E-state index contributed by atoms with van der Waals surface area (Å²) in [6.07, 6.45) is 0. The van der Waals surface area contributed by atoms with Gasteiger partial charge in [0.2, 0.25) is 0 Å². The topological polar surface area (TPSA) is 56.2 Å². The Morgan fingerprint density at radius 2 is 1.95 bits per heavy atom. The number of anilines is 1. The lowest BCUT2D eigenvalue weighted by Crippen LogP contribution is -2.21. The number of hydrogen-bond donors (Lipinski definition) is 1. The number of nitrogens with one attached hydrogen (secondary N) is 1. The second kappa shape index (κ2) is 6.37. The summed E-state index contributed by atoms with van der Waals surface area (Å²) in [7, 11) is 1.82. The number of ether oxygens (including phenoxy) is 1. The Kier molecular flexibility index (Phi) is 4.75. The Morgan fingerprint density at radius 1 is 1.33 bits per heavy atom. The second-order valence-corrected chi connectivity index (χ2v) is 5.37. The standard InChI is InChI=1S/C14H15Cl2N3O2/c1-8-13(9(2)19(3)18-8)17-12(20)7-21-14-10(15)5-4-6-11(14)16/h4-6H,7H2,1-3H3,(H,17,20). The van der Waals surface area contributed by atoms with E-state index in [-0.39, 0.29) is 12.5 Å². The first kappa shape index (κ1) is 15.7. The van der Waals surface area contributed by atoms with Crippen molar-refractivity contribution in [2.24, 2.45) is 7.05 Å². The van der Waals surface area contributed by atoms with Gasteiger partial charge in [0.15, 0.2) is 12.4 Å². The number of halogens is 2. The van der Waals surface area contributed by atoms with Crippen molar-refractivity contribution in [2.45, 2.75) is 13.8 Å². The molecule has 0 saturated carbocycles. The molecule has 0 aliphatic rings. The number of benzene rings is 1. The molecular formula is C14H15Cl2N3O2. The van der Waals surface area contributed by atoms with Crippen molar-refractivity contribution in [3.63, 3.8) is 0 Å². The lowest BCUT2D eigenvalue weighted by Gasteiger charge is -2.10. The zero-order valence-corrected chi connectivity index (χ0v) is 13.4. The van der Waals surface area contributed by atoms with Crippen molar-refractivity contribution >= 4 is 34.8 Å². The highest BCUT2D eigenvalue weighted by molar-refractivity contribution is 6.37. The van der Waals surface area contributed by atoms with Crippen LogP contribution in [0.1, 0.15) is 11.4 Å². The van der Waals surface area contributed by atoms with Crippen molar-refractivity contribution < 1.29 is 9.53 Å². The SMILES string of the molecule is Cc1nn(C)c(C)c1NC(=O)COc1c(Cl)cccc1Cl. The summed E-state index contributed by atoms with van der Waals surface area (Å²) in [6, 6.07) is 5.01. The molecule has 0 aliphatic heterocycles. The van der Waals surface area contributed by atoms with E-state index in [0.29, 0.717) is 21.5 Å². The summed E-state index contributed by atoms with van der Waals surface area (Å²) in [5, 5.41) is 7.73. The van der Waals surface area contributed by atoms with Crippen LogP contribution in [0.2, 0.25) is 10.0 Å². The second-order valence-electron chi connectivity index (χ2n) is 4.56. The molecule has 0 atom stereocenters. The maximum absolute atomic E-state index is 12.0. The van der Waals surface area contributed by atoms with Crippen molar-refractivity contribution in [1.82, 2.24) is 9.78 Å². The number of carbonyl (C=O) groups is 1. The van der Waals surface area contributed by atoms with E-state index in [9.17, 15) is 4.79 Å². The Hall–Kier alpha value is -1.72. The van der Waals surface area contributed by atoms with E-state index >= 15 is 0 Å². The van der Waals surface area contributed by atoms with E-state index in [1.807, 2.05) is 20.9 Å². The molecule has 0 spiro atoms. The number of aryl methyl sites for hydroxylation is 2. The first-order chi connectivity index (χ1) is 9.90. The average molecular weight is 328 g/mol. The molecule has 1 heterocycles. The molecule has 2 rings (SSSR count). The number of aromatic nitrogens is 2. The Bertz CT molecular complexity index is 663. The maximum atomic E-state index is 12.0. The smallest absolute Gasteiger partial charge is 0.262 e. The molecule has 7 heteroatoms. The summed E-state index contributed by atoms with van der Waals surface area (Å²) in [4.78, 5) is 12.0. The molecule has 1 amide bonds. The fourth-order valence-electron chi connectivity index (χ4n) is 1.89. The fourth-order valence-corrected chi connectivity index (χ4v) is 2.39. The van der Waals surface area contributed by atoms with Crippen molar-refractivity contribution in [3.05, 3.63) is 39.6 Å². The van der Waals surface area contributed by atoms with Crippen LogP contribution in [0, 0.1) is 13.8 Å². The van der Waals surface area contributed by atoms with Crippen LogP contribution in [0.3, 0.4) is 0 Å². The molecule has 1 aromatic heterocycles. The van der Waals surface area contributed by atoms with Crippen LogP contribution in [0.5, 0.6) is 5.75 Å². The van der Waals surface area contributed by atoms with Gasteiger partial charge in [-0.15, -0.1) is 0 Å². The maximum Gasteiger partial charge on any atom is 0.262 e. The van der Waals surface area contributed by atoms with Crippen LogP contribution < -0.4 is 10.1 Å². The van der Waals surface area contributed by atoms with Gasteiger partial charge >= 0.3 is 0 Å². The fraction of sp³-hybridized carbons (Fsp3) is 0.286. The zero-order chi connectivity index (χ0) is 15.6. The summed E-state index contributed by atoms with van der Waals surface area (Å²) in [5.41, 5.74) is 2.31. The molecule has 0 bridgehead atoms. The molecule has 112 valence electrons. The molecule has 0 fully saturated rings. The monoisotopic (exact) mass is 327 g/mol. The van der Waals surface area contributed by atoms with E-state index in [2.05, 4.69) is 10.4 Å². The summed E-state index contributed by atoms with van der Waals surface area (Å²) < 4.78 is 7.09. The average Bonchev–Trinajstić information content (AvgIpc) is 2.65. The molecule has 1 N–H and O–H groups in total. The highest BCUT2D eigenvalue weighted by atomic mass is 35.5. The summed E-state index contributed by atoms with van der Waals surface area (Å²) >= 11 is 11.9. The van der Waals surface area contributed by atoms with Gasteiger partial charge in [0, 0.05) is 7.05 Å². The lowest BCUT2D eigenvalue weighted by atomic mass is 10.3.